The van der Waals surface area contributed by atoms with Crippen LogP contribution in [0, 0.1) is 0 Å². The molecule has 1 fully saturated rings. The van der Waals surface area contributed by atoms with Gasteiger partial charge >= 0.3 is 17.8 Å². The Kier molecular flexibility index (Phi) is 6.36. The van der Waals surface area contributed by atoms with Gasteiger partial charge in [0.2, 0.25) is 0 Å². The van der Waals surface area contributed by atoms with Crippen LogP contribution in [0.1, 0.15) is 32.8 Å². The number of hydrogen-bond donors (Lipinski definition) is 1. The molecule has 10 nitrogen and oxygen atoms in total. The molecule has 3 aromatic heterocycles. The summed E-state index contributed by atoms with van der Waals surface area (Å²) in [6, 6.07) is 17.2. The number of rotatable bonds is 5. The molecule has 1 amide bonds. The number of pyridine rings is 2. The van der Waals surface area contributed by atoms with E-state index in [4.69, 9.17) is 4.74 Å². The molecule has 0 radical (unpaired) electrons. The van der Waals surface area contributed by atoms with Gasteiger partial charge < -0.3 is 14.7 Å². The number of benzene rings is 2. The fraction of sp³-hybridized carbons (Fsp3) is 0.281. The van der Waals surface area contributed by atoms with Gasteiger partial charge in [-0.3, -0.25) is 23.9 Å². The molecule has 2 aromatic carbocycles. The van der Waals surface area contributed by atoms with Crippen molar-refractivity contribution in [3.8, 4) is 16.8 Å². The van der Waals surface area contributed by atoms with E-state index >= 15 is 0 Å². The van der Waals surface area contributed by atoms with Gasteiger partial charge in [0.05, 0.1) is 34.9 Å². The maximum Gasteiger partial charge on any atom is 0.410 e. The lowest BCUT2D eigenvalue weighted by Crippen LogP contribution is -2.62. The number of imidazole rings is 1. The standard InChI is InChI=1S/C32H31N5O5/c1-31(2,3)42-30(41)36-18-32(19-36,15-27(38)39)22-8-10-23(11-9-22)37-28-24-14-20(21-6-5-13-33-16-21)7-12-25(24)34-17-26(28)35(4)29(37)40/h5-14,16-17H,15,18-19H2,1-4H3,(H,38,39). The minimum atomic E-state index is -0.948. The van der Waals surface area contributed by atoms with Gasteiger partial charge in [-0.15, -0.1) is 0 Å². The van der Waals surface area contributed by atoms with Gasteiger partial charge in [0, 0.05) is 48.9 Å². The van der Waals surface area contributed by atoms with E-state index < -0.39 is 23.1 Å². The summed E-state index contributed by atoms with van der Waals surface area (Å²) >= 11 is 0. The summed E-state index contributed by atoms with van der Waals surface area (Å²) < 4.78 is 8.70. The lowest BCUT2D eigenvalue weighted by atomic mass is 9.71. The van der Waals surface area contributed by atoms with Crippen LogP contribution in [0.3, 0.4) is 0 Å². The van der Waals surface area contributed by atoms with E-state index in [1.807, 2.05) is 54.6 Å². The van der Waals surface area contributed by atoms with Crippen LogP contribution in [-0.4, -0.2) is 59.9 Å². The Bertz CT molecular complexity index is 1900. The number of amides is 1. The van der Waals surface area contributed by atoms with Crippen molar-refractivity contribution in [2.24, 2.45) is 7.05 Å². The topological polar surface area (TPSA) is 120 Å². The fourth-order valence-electron chi connectivity index (χ4n) is 5.74. The highest BCUT2D eigenvalue weighted by Crippen LogP contribution is 2.39. The van der Waals surface area contributed by atoms with Crippen molar-refractivity contribution in [2.45, 2.75) is 38.2 Å². The second kappa shape index (κ2) is 9.83. The molecule has 0 spiro atoms. The lowest BCUT2D eigenvalue weighted by Gasteiger charge is -2.49. The Morgan fingerprint density at radius 1 is 1.02 bits per heavy atom. The first kappa shape index (κ1) is 27.2. The van der Waals surface area contributed by atoms with Crippen LogP contribution in [0.25, 0.3) is 38.8 Å². The lowest BCUT2D eigenvalue weighted by molar-refractivity contribution is -0.140. The molecule has 0 unspecified atom stereocenters. The predicted octanol–water partition coefficient (Wildman–Crippen LogP) is 4.90. The molecule has 1 saturated heterocycles. The molecule has 0 bridgehead atoms. The van der Waals surface area contributed by atoms with Crippen molar-refractivity contribution < 1.29 is 19.4 Å². The zero-order valence-electron chi connectivity index (χ0n) is 23.9. The van der Waals surface area contributed by atoms with Crippen LogP contribution in [0.4, 0.5) is 4.79 Å². The van der Waals surface area contributed by atoms with Crippen LogP contribution in [-0.2, 0) is 22.0 Å². The molecule has 0 saturated carbocycles. The number of likely N-dealkylation sites (tertiary alicyclic amines) is 1. The molecule has 1 aliphatic rings. The molecule has 0 atom stereocenters. The number of hydrogen-bond acceptors (Lipinski definition) is 6. The largest absolute Gasteiger partial charge is 0.481 e. The number of aryl methyl sites for hydroxylation is 1. The summed E-state index contributed by atoms with van der Waals surface area (Å²) in [6.45, 7) is 5.84. The first-order valence-corrected chi connectivity index (χ1v) is 13.7. The van der Waals surface area contributed by atoms with Gasteiger partial charge in [0.15, 0.2) is 0 Å². The SMILES string of the molecule is Cn1c(=O)n(-c2ccc(C3(CC(=O)O)CN(C(=O)OC(C)(C)C)C3)cc2)c2c3cc(-c4cccnc4)ccc3ncc21. The molecule has 4 heterocycles. The normalized spacial score (nSPS) is 14.6. The number of carboxylic acid groups (broad SMARTS) is 1. The monoisotopic (exact) mass is 565 g/mol. The number of carboxylic acids is 1. The zero-order chi connectivity index (χ0) is 29.8. The van der Waals surface area contributed by atoms with E-state index in [-0.39, 0.29) is 25.2 Å². The second-order valence-corrected chi connectivity index (χ2v) is 11.9. The van der Waals surface area contributed by atoms with Crippen LogP contribution >= 0.6 is 0 Å². The van der Waals surface area contributed by atoms with Gasteiger partial charge in [-0.25, -0.2) is 9.59 Å². The Labute approximate surface area is 241 Å². The predicted molar refractivity (Wildman–Crippen MR) is 159 cm³/mol. The maximum absolute atomic E-state index is 13.6. The molecular weight excluding hydrogens is 534 g/mol. The van der Waals surface area contributed by atoms with E-state index in [1.165, 1.54) is 4.90 Å². The van der Waals surface area contributed by atoms with Gasteiger partial charge in [-0.05, 0) is 62.2 Å². The van der Waals surface area contributed by atoms with Gasteiger partial charge in [-0.1, -0.05) is 24.3 Å². The van der Waals surface area contributed by atoms with Crippen molar-refractivity contribution in [1.29, 1.82) is 0 Å². The van der Waals surface area contributed by atoms with E-state index in [9.17, 15) is 19.5 Å². The Morgan fingerprint density at radius 2 is 1.76 bits per heavy atom. The van der Waals surface area contributed by atoms with Crippen LogP contribution in [0.2, 0.25) is 0 Å². The Morgan fingerprint density at radius 3 is 2.40 bits per heavy atom. The number of aromatic nitrogens is 4. The highest BCUT2D eigenvalue weighted by molar-refractivity contribution is 6.04. The number of carbonyl (C=O) groups is 2. The molecule has 1 N–H and O–H groups in total. The summed E-state index contributed by atoms with van der Waals surface area (Å²) in [4.78, 5) is 48.3. The third kappa shape index (κ3) is 4.68. The van der Waals surface area contributed by atoms with Crippen molar-refractivity contribution in [3.63, 3.8) is 0 Å². The highest BCUT2D eigenvalue weighted by Gasteiger charge is 2.49. The molecule has 1 aliphatic heterocycles. The number of nitrogens with zero attached hydrogens (tertiary/aromatic N) is 5. The summed E-state index contributed by atoms with van der Waals surface area (Å²) in [5.74, 6) is -0.948. The summed E-state index contributed by atoms with van der Waals surface area (Å²) in [6.07, 6.45) is 4.63. The van der Waals surface area contributed by atoms with E-state index in [1.54, 1.807) is 55.5 Å². The Hall–Kier alpha value is -4.99. The van der Waals surface area contributed by atoms with E-state index in [2.05, 4.69) is 9.97 Å². The van der Waals surface area contributed by atoms with Crippen LogP contribution < -0.4 is 5.69 Å². The first-order chi connectivity index (χ1) is 20.0. The highest BCUT2D eigenvalue weighted by atomic mass is 16.6. The molecule has 42 heavy (non-hydrogen) atoms. The van der Waals surface area contributed by atoms with E-state index in [0.29, 0.717) is 11.2 Å². The molecule has 6 rings (SSSR count). The van der Waals surface area contributed by atoms with Gasteiger partial charge in [-0.2, -0.15) is 0 Å². The Balaban J connectivity index is 1.41. The molecule has 0 aliphatic carbocycles. The third-order valence-electron chi connectivity index (χ3n) is 7.74. The maximum atomic E-state index is 13.6. The van der Waals surface area contributed by atoms with Crippen molar-refractivity contribution in [2.75, 3.05) is 13.1 Å². The average Bonchev–Trinajstić information content (AvgIpc) is 3.19. The third-order valence-corrected chi connectivity index (χ3v) is 7.74. The number of ether oxygens (including phenoxy) is 1. The number of carbonyl (C=O) groups excluding carboxylic acids is 1. The number of fused-ring (bicyclic) bond motifs is 3. The molecule has 10 heteroatoms. The van der Waals surface area contributed by atoms with Crippen molar-refractivity contribution >= 4 is 34.0 Å². The quantitative estimate of drug-likeness (QED) is 0.322. The second-order valence-electron chi connectivity index (χ2n) is 11.9. The van der Waals surface area contributed by atoms with Crippen molar-refractivity contribution in [3.05, 3.63) is 89.2 Å². The smallest absolute Gasteiger partial charge is 0.410 e. The summed E-state index contributed by atoms with van der Waals surface area (Å²) in [5, 5.41) is 10.5. The fourth-order valence-corrected chi connectivity index (χ4v) is 5.74. The van der Waals surface area contributed by atoms with Crippen molar-refractivity contribution in [1.82, 2.24) is 24.0 Å². The van der Waals surface area contributed by atoms with Gasteiger partial charge in [0.1, 0.15) is 5.60 Å². The van der Waals surface area contributed by atoms with Gasteiger partial charge in [0.25, 0.3) is 0 Å². The molecule has 5 aromatic rings. The first-order valence-electron chi connectivity index (χ1n) is 13.7. The number of aliphatic carboxylic acids is 1. The van der Waals surface area contributed by atoms with E-state index in [0.717, 1.165) is 33.1 Å². The molecular formula is C32H31N5O5. The van der Waals surface area contributed by atoms with Crippen LogP contribution in [0.15, 0.2) is 78.0 Å². The summed E-state index contributed by atoms with van der Waals surface area (Å²) in [5.41, 5.74) is 3.89. The minimum Gasteiger partial charge on any atom is -0.481 e. The molecule has 214 valence electrons. The van der Waals surface area contributed by atoms with Crippen LogP contribution in [0.5, 0.6) is 0 Å². The zero-order valence-corrected chi connectivity index (χ0v) is 23.9. The summed E-state index contributed by atoms with van der Waals surface area (Å²) in [7, 11) is 1.72. The minimum absolute atomic E-state index is 0.132. The average molecular weight is 566 g/mol.